The number of nitrogens with zero attached hydrogens (tertiary/aromatic N) is 4. The fourth-order valence-corrected chi connectivity index (χ4v) is 2.80. The molecule has 2 N–H and O–H groups in total. The summed E-state index contributed by atoms with van der Waals surface area (Å²) < 4.78 is 8.35. The molecule has 0 radical (unpaired) electrons. The Morgan fingerprint density at radius 3 is 2.81 bits per heavy atom. The Kier molecular flexibility index (Phi) is 8.08. The number of hydrogen-bond acceptors (Lipinski definition) is 4. The van der Waals surface area contributed by atoms with Crippen LogP contribution < -0.4 is 10.6 Å². The van der Waals surface area contributed by atoms with Crippen molar-refractivity contribution in [1.29, 1.82) is 0 Å². The molecule has 0 atom stereocenters. The van der Waals surface area contributed by atoms with Crippen molar-refractivity contribution in [1.82, 2.24) is 25.2 Å². The molecule has 0 fully saturated rings. The first kappa shape index (κ1) is 21.7. The van der Waals surface area contributed by atoms with Gasteiger partial charge in [0.05, 0.1) is 24.5 Å². The standard InChI is InChI=1S/C18H23BrN6O.HI/c1-4-20-18(22-9-15-7-16(12(2)3)24-26-15)21-8-14-11-25-10-13(19)5-6-17(25)23-14;/h5-7,10-12H,4,8-9H2,1-3H3,(H2,20,21,22);1H. The lowest BCUT2D eigenvalue weighted by Crippen LogP contribution is -2.36. The molecule has 0 aromatic carbocycles. The van der Waals surface area contributed by atoms with Crippen LogP contribution in [0.1, 0.15) is 43.8 Å². The molecule has 0 saturated carbocycles. The summed E-state index contributed by atoms with van der Waals surface area (Å²) in [6.07, 6.45) is 3.97. The molecule has 9 heteroatoms. The van der Waals surface area contributed by atoms with Crippen LogP contribution in [-0.2, 0) is 13.1 Å². The molecular formula is C18H24BrIN6O. The number of guanidine groups is 1. The van der Waals surface area contributed by atoms with Gasteiger partial charge >= 0.3 is 0 Å². The Morgan fingerprint density at radius 1 is 1.30 bits per heavy atom. The number of fused-ring (bicyclic) bond motifs is 1. The maximum atomic E-state index is 5.35. The van der Waals surface area contributed by atoms with Crippen LogP contribution in [0.4, 0.5) is 0 Å². The van der Waals surface area contributed by atoms with Gasteiger partial charge in [-0.25, -0.2) is 9.98 Å². The first-order valence-corrected chi connectivity index (χ1v) is 9.45. The number of hydrogen-bond donors (Lipinski definition) is 2. The van der Waals surface area contributed by atoms with Gasteiger partial charge in [-0.2, -0.15) is 0 Å². The first-order valence-electron chi connectivity index (χ1n) is 8.66. The van der Waals surface area contributed by atoms with Crippen LogP contribution in [-0.4, -0.2) is 27.0 Å². The molecule has 146 valence electrons. The van der Waals surface area contributed by atoms with Crippen molar-refractivity contribution in [2.45, 2.75) is 39.8 Å². The van der Waals surface area contributed by atoms with Crippen molar-refractivity contribution in [2.24, 2.45) is 4.99 Å². The zero-order valence-corrected chi connectivity index (χ0v) is 19.5. The highest BCUT2D eigenvalue weighted by Gasteiger charge is 2.08. The molecule has 27 heavy (non-hydrogen) atoms. The molecule has 3 aromatic rings. The van der Waals surface area contributed by atoms with Crippen LogP contribution >= 0.6 is 39.9 Å². The Morgan fingerprint density at radius 2 is 2.11 bits per heavy atom. The van der Waals surface area contributed by atoms with E-state index in [1.165, 1.54) is 0 Å². The summed E-state index contributed by atoms with van der Waals surface area (Å²) in [5, 5.41) is 10.6. The van der Waals surface area contributed by atoms with E-state index in [1.54, 1.807) is 0 Å². The number of aromatic nitrogens is 3. The van der Waals surface area contributed by atoms with E-state index in [0.717, 1.165) is 33.8 Å². The van der Waals surface area contributed by atoms with E-state index in [4.69, 9.17) is 4.52 Å². The molecule has 0 amide bonds. The molecule has 3 aromatic heterocycles. The highest BCUT2D eigenvalue weighted by atomic mass is 127. The normalized spacial score (nSPS) is 11.7. The van der Waals surface area contributed by atoms with Crippen molar-refractivity contribution in [3.05, 3.63) is 52.2 Å². The summed E-state index contributed by atoms with van der Waals surface area (Å²) >= 11 is 3.47. The fourth-order valence-electron chi connectivity index (χ4n) is 2.45. The predicted molar refractivity (Wildman–Crippen MR) is 121 cm³/mol. The highest BCUT2D eigenvalue weighted by Crippen LogP contribution is 2.14. The zero-order chi connectivity index (χ0) is 18.5. The third-order valence-electron chi connectivity index (χ3n) is 3.81. The van der Waals surface area contributed by atoms with Gasteiger partial charge in [-0.05, 0) is 40.9 Å². The Labute approximate surface area is 184 Å². The number of aliphatic imine (C=N–C) groups is 1. The molecule has 0 saturated heterocycles. The van der Waals surface area contributed by atoms with Gasteiger partial charge in [-0.3, -0.25) is 0 Å². The number of rotatable bonds is 6. The minimum absolute atomic E-state index is 0. The molecule has 0 aliphatic rings. The highest BCUT2D eigenvalue weighted by molar-refractivity contribution is 14.0. The lowest BCUT2D eigenvalue weighted by Gasteiger charge is -2.09. The van der Waals surface area contributed by atoms with Crippen LogP contribution in [0.5, 0.6) is 0 Å². The van der Waals surface area contributed by atoms with Crippen molar-refractivity contribution in [3.8, 4) is 0 Å². The summed E-state index contributed by atoms with van der Waals surface area (Å²) in [7, 11) is 0. The molecule has 3 rings (SSSR count). The van der Waals surface area contributed by atoms with Crippen molar-refractivity contribution < 1.29 is 4.52 Å². The third kappa shape index (κ3) is 5.93. The second kappa shape index (κ2) is 10.1. The summed E-state index contributed by atoms with van der Waals surface area (Å²) in [5.41, 5.74) is 2.76. The van der Waals surface area contributed by atoms with Crippen LogP contribution in [0.15, 0.2) is 44.6 Å². The fraction of sp³-hybridized carbons (Fsp3) is 0.389. The lowest BCUT2D eigenvalue weighted by molar-refractivity contribution is 0.372. The Balaban J connectivity index is 0.00000261. The summed E-state index contributed by atoms with van der Waals surface area (Å²) in [6.45, 7) is 8.01. The van der Waals surface area contributed by atoms with Gasteiger partial charge in [-0.1, -0.05) is 19.0 Å². The van der Waals surface area contributed by atoms with Crippen molar-refractivity contribution >= 4 is 51.5 Å². The maximum absolute atomic E-state index is 5.35. The van der Waals surface area contributed by atoms with Gasteiger partial charge in [-0.15, -0.1) is 24.0 Å². The van der Waals surface area contributed by atoms with Crippen LogP contribution in [0.25, 0.3) is 5.65 Å². The van der Waals surface area contributed by atoms with Crippen LogP contribution in [0, 0.1) is 0 Å². The van der Waals surface area contributed by atoms with E-state index in [-0.39, 0.29) is 24.0 Å². The topological polar surface area (TPSA) is 79.8 Å². The smallest absolute Gasteiger partial charge is 0.192 e. The van der Waals surface area contributed by atoms with Gasteiger partial charge in [0, 0.05) is 29.5 Å². The number of nitrogens with one attached hydrogen (secondary N) is 2. The van der Waals surface area contributed by atoms with Gasteiger partial charge in [0.25, 0.3) is 0 Å². The Bertz CT molecular complexity index is 904. The van der Waals surface area contributed by atoms with Crippen molar-refractivity contribution in [2.75, 3.05) is 6.54 Å². The largest absolute Gasteiger partial charge is 0.359 e. The number of halogens is 2. The van der Waals surface area contributed by atoms with E-state index in [1.807, 2.05) is 41.9 Å². The third-order valence-corrected chi connectivity index (χ3v) is 4.28. The number of pyridine rings is 1. The second-order valence-corrected chi connectivity index (χ2v) is 7.18. The lowest BCUT2D eigenvalue weighted by atomic mass is 10.1. The van der Waals surface area contributed by atoms with Crippen LogP contribution in [0.3, 0.4) is 0 Å². The van der Waals surface area contributed by atoms with E-state index in [0.29, 0.717) is 25.0 Å². The van der Waals surface area contributed by atoms with Gasteiger partial charge in [0.2, 0.25) is 0 Å². The summed E-state index contributed by atoms with van der Waals surface area (Å²) in [5.74, 6) is 1.86. The van der Waals surface area contributed by atoms with Crippen molar-refractivity contribution in [3.63, 3.8) is 0 Å². The molecule has 0 spiro atoms. The summed E-state index contributed by atoms with van der Waals surface area (Å²) in [6, 6.07) is 5.92. The maximum Gasteiger partial charge on any atom is 0.192 e. The Hall–Kier alpha value is -1.62. The summed E-state index contributed by atoms with van der Waals surface area (Å²) in [4.78, 5) is 9.18. The van der Waals surface area contributed by atoms with Gasteiger partial charge < -0.3 is 19.6 Å². The zero-order valence-electron chi connectivity index (χ0n) is 15.6. The number of imidazole rings is 1. The van der Waals surface area contributed by atoms with Gasteiger partial charge in [0.15, 0.2) is 11.7 Å². The van der Waals surface area contributed by atoms with Crippen LogP contribution in [0.2, 0.25) is 0 Å². The molecule has 0 aliphatic carbocycles. The molecule has 0 aliphatic heterocycles. The molecule has 7 nitrogen and oxygen atoms in total. The second-order valence-electron chi connectivity index (χ2n) is 6.27. The quantitative estimate of drug-likeness (QED) is 0.277. The molecule has 0 unspecified atom stereocenters. The monoisotopic (exact) mass is 546 g/mol. The molecule has 3 heterocycles. The SMILES string of the molecule is CCNC(=NCc1cn2cc(Br)ccc2n1)NCc1cc(C(C)C)no1.I. The molecule has 0 bridgehead atoms. The van der Waals surface area contributed by atoms with E-state index >= 15 is 0 Å². The van der Waals surface area contributed by atoms with E-state index in [9.17, 15) is 0 Å². The van der Waals surface area contributed by atoms with Gasteiger partial charge in [0.1, 0.15) is 5.65 Å². The van der Waals surface area contributed by atoms with E-state index < -0.39 is 0 Å². The molecular weight excluding hydrogens is 523 g/mol. The average molecular weight is 547 g/mol. The van der Waals surface area contributed by atoms with E-state index in [2.05, 4.69) is 55.5 Å². The minimum Gasteiger partial charge on any atom is -0.359 e. The minimum atomic E-state index is 0. The first-order chi connectivity index (χ1) is 12.5. The average Bonchev–Trinajstić information content (AvgIpc) is 3.23. The predicted octanol–water partition coefficient (Wildman–Crippen LogP) is 4.08.